The Labute approximate surface area is 276 Å². The summed E-state index contributed by atoms with van der Waals surface area (Å²) in [6.45, 7) is 4.70. The maximum Gasteiger partial charge on any atom is 0.160 e. The van der Waals surface area contributed by atoms with Gasteiger partial charge in [0.1, 0.15) is 0 Å². The summed E-state index contributed by atoms with van der Waals surface area (Å²) in [6, 6.07) is 50.2. The Kier molecular flexibility index (Phi) is 5.50. The number of fused-ring (bicyclic) bond motifs is 10. The average molecular weight is 620 g/mol. The minimum atomic E-state index is -0.0426. The van der Waals surface area contributed by atoms with Crippen LogP contribution < -0.4 is 0 Å². The first kappa shape index (κ1) is 26.6. The summed E-state index contributed by atoms with van der Waals surface area (Å²) < 4.78 is 4.77. The lowest BCUT2D eigenvalue weighted by Crippen LogP contribution is -2.14. The molecule has 0 fully saturated rings. The third-order valence-electron chi connectivity index (χ3n) is 10.0. The molecule has 1 aliphatic rings. The van der Waals surface area contributed by atoms with Crippen LogP contribution in [0.25, 0.3) is 81.6 Å². The minimum absolute atomic E-state index is 0.0426. The van der Waals surface area contributed by atoms with Crippen LogP contribution in [0.1, 0.15) is 25.0 Å². The molecule has 0 bridgehead atoms. The number of hydrogen-bond acceptors (Lipinski definition) is 3. The van der Waals surface area contributed by atoms with Crippen molar-refractivity contribution in [2.24, 2.45) is 0 Å². The van der Waals surface area contributed by atoms with Crippen molar-refractivity contribution >= 4 is 53.4 Å². The van der Waals surface area contributed by atoms with Crippen molar-refractivity contribution in [3.8, 4) is 39.5 Å². The molecule has 9 aromatic rings. The number of para-hydroxylation sites is 1. The average Bonchev–Trinajstić information content (AvgIpc) is 3.74. The summed E-state index contributed by atoms with van der Waals surface area (Å²) in [7, 11) is 0. The van der Waals surface area contributed by atoms with Gasteiger partial charge < -0.3 is 4.57 Å². The number of rotatable bonds is 3. The molecule has 0 atom stereocenters. The van der Waals surface area contributed by atoms with Crippen LogP contribution in [0.3, 0.4) is 0 Å². The van der Waals surface area contributed by atoms with E-state index in [-0.39, 0.29) is 5.41 Å². The van der Waals surface area contributed by atoms with Gasteiger partial charge in [0.05, 0.1) is 26.9 Å². The number of hydrogen-bond donors (Lipinski definition) is 0. The lowest BCUT2D eigenvalue weighted by molar-refractivity contribution is 0.661. The third kappa shape index (κ3) is 3.73. The van der Waals surface area contributed by atoms with Crippen LogP contribution in [0.2, 0.25) is 0 Å². The Morgan fingerprint density at radius 2 is 1.30 bits per heavy atom. The highest BCUT2D eigenvalue weighted by atomic mass is 32.1. The molecule has 1 aliphatic carbocycles. The van der Waals surface area contributed by atoms with E-state index in [0.29, 0.717) is 0 Å². The first-order chi connectivity index (χ1) is 23.1. The van der Waals surface area contributed by atoms with E-state index in [1.807, 2.05) is 18.2 Å². The summed E-state index contributed by atoms with van der Waals surface area (Å²) in [5, 5.41) is 3.79. The molecule has 3 heterocycles. The first-order valence-corrected chi connectivity index (χ1v) is 16.9. The van der Waals surface area contributed by atoms with Gasteiger partial charge >= 0.3 is 0 Å². The Morgan fingerprint density at radius 3 is 2.15 bits per heavy atom. The molecule has 0 spiro atoms. The fourth-order valence-electron chi connectivity index (χ4n) is 7.80. The van der Waals surface area contributed by atoms with E-state index < -0.39 is 0 Å². The zero-order valence-corrected chi connectivity index (χ0v) is 26.8. The van der Waals surface area contributed by atoms with Crippen molar-refractivity contribution in [2.45, 2.75) is 19.3 Å². The summed E-state index contributed by atoms with van der Waals surface area (Å²) in [4.78, 5) is 10.3. The number of nitrogens with zero attached hydrogens (tertiary/aromatic N) is 3. The van der Waals surface area contributed by atoms with E-state index in [1.54, 1.807) is 11.3 Å². The summed E-state index contributed by atoms with van der Waals surface area (Å²) in [5.74, 6) is 0.750. The summed E-state index contributed by atoms with van der Waals surface area (Å²) in [6.07, 6.45) is 0. The van der Waals surface area contributed by atoms with Gasteiger partial charge in [-0.15, -0.1) is 11.3 Å². The molecule has 0 unspecified atom stereocenters. The van der Waals surface area contributed by atoms with E-state index in [9.17, 15) is 0 Å². The van der Waals surface area contributed by atoms with Gasteiger partial charge in [-0.25, -0.2) is 9.97 Å². The predicted molar refractivity (Wildman–Crippen MR) is 198 cm³/mol. The molecule has 3 nitrogen and oxygen atoms in total. The predicted octanol–water partition coefficient (Wildman–Crippen LogP) is 11.6. The number of aromatic nitrogens is 3. The standard InChI is InChI=1S/C43H29N3S/c1-43(2)32-17-9-6-14-29(32)37-33(43)24-25-35-38(37)30-15-7-10-18-34(30)46(35)28-22-20-26(21-23-28)39-41-40(31-16-8-11-19-36(31)47-41)45-42(44-39)27-12-4-3-5-13-27/h3-25H,1-2H3. The molecule has 0 saturated heterocycles. The number of thiophene rings is 1. The lowest BCUT2D eigenvalue weighted by atomic mass is 9.82. The van der Waals surface area contributed by atoms with Gasteiger partial charge in [0.2, 0.25) is 0 Å². The van der Waals surface area contributed by atoms with Crippen LogP contribution in [-0.2, 0) is 5.41 Å². The summed E-state index contributed by atoms with van der Waals surface area (Å²) in [5.41, 5.74) is 13.1. The molecule has 0 saturated carbocycles. The monoisotopic (exact) mass is 619 g/mol. The Bertz CT molecular complexity index is 2700. The Balaban J connectivity index is 1.19. The van der Waals surface area contributed by atoms with Crippen molar-refractivity contribution in [1.82, 2.24) is 14.5 Å². The van der Waals surface area contributed by atoms with Crippen LogP contribution in [0.15, 0.2) is 140 Å². The van der Waals surface area contributed by atoms with Crippen LogP contribution >= 0.6 is 11.3 Å². The smallest absolute Gasteiger partial charge is 0.160 e. The van der Waals surface area contributed by atoms with Gasteiger partial charge in [-0.3, -0.25) is 0 Å². The lowest BCUT2D eigenvalue weighted by Gasteiger charge is -2.21. The topological polar surface area (TPSA) is 30.7 Å². The van der Waals surface area contributed by atoms with E-state index in [1.165, 1.54) is 54.1 Å². The van der Waals surface area contributed by atoms with Crippen LogP contribution in [-0.4, -0.2) is 14.5 Å². The maximum absolute atomic E-state index is 5.20. The second kappa shape index (κ2) is 9.71. The zero-order chi connectivity index (χ0) is 31.3. The van der Waals surface area contributed by atoms with Crippen LogP contribution in [0.4, 0.5) is 0 Å². The Hall–Kier alpha value is -5.58. The number of benzene rings is 6. The minimum Gasteiger partial charge on any atom is -0.309 e. The van der Waals surface area contributed by atoms with E-state index in [0.717, 1.165) is 38.5 Å². The van der Waals surface area contributed by atoms with Crippen LogP contribution in [0, 0.1) is 0 Å². The summed E-state index contributed by atoms with van der Waals surface area (Å²) >= 11 is 1.77. The van der Waals surface area contributed by atoms with Crippen molar-refractivity contribution in [3.63, 3.8) is 0 Å². The first-order valence-electron chi connectivity index (χ1n) is 16.1. The zero-order valence-electron chi connectivity index (χ0n) is 26.0. The quantitative estimate of drug-likeness (QED) is 0.197. The molecule has 4 heteroatoms. The Morgan fingerprint density at radius 1 is 0.574 bits per heavy atom. The maximum atomic E-state index is 5.20. The fourth-order valence-corrected chi connectivity index (χ4v) is 8.96. The molecular formula is C43H29N3S. The van der Waals surface area contributed by atoms with Gasteiger partial charge in [-0.05, 0) is 52.6 Å². The third-order valence-corrected chi connectivity index (χ3v) is 11.2. The normalized spacial score (nSPS) is 13.5. The van der Waals surface area contributed by atoms with Crippen LogP contribution in [0.5, 0.6) is 0 Å². The molecule has 0 N–H and O–H groups in total. The van der Waals surface area contributed by atoms with Gasteiger partial charge in [0.25, 0.3) is 0 Å². The van der Waals surface area contributed by atoms with E-state index in [4.69, 9.17) is 9.97 Å². The molecule has 0 aliphatic heterocycles. The highest BCUT2D eigenvalue weighted by Crippen LogP contribution is 2.53. The van der Waals surface area contributed by atoms with Gasteiger partial charge in [-0.1, -0.05) is 123 Å². The van der Waals surface area contributed by atoms with Crippen molar-refractivity contribution < 1.29 is 0 Å². The van der Waals surface area contributed by atoms with E-state index in [2.05, 4.69) is 140 Å². The molecule has 10 rings (SSSR count). The molecular weight excluding hydrogens is 591 g/mol. The molecule has 0 amide bonds. The molecule has 222 valence electrons. The second-order valence-corrected chi connectivity index (χ2v) is 14.0. The molecule has 0 radical (unpaired) electrons. The van der Waals surface area contributed by atoms with Crippen molar-refractivity contribution in [1.29, 1.82) is 0 Å². The van der Waals surface area contributed by atoms with E-state index >= 15 is 0 Å². The molecule has 6 aromatic carbocycles. The van der Waals surface area contributed by atoms with Gasteiger partial charge in [0.15, 0.2) is 5.82 Å². The highest BCUT2D eigenvalue weighted by Gasteiger charge is 2.37. The second-order valence-electron chi connectivity index (χ2n) is 13.0. The fraction of sp³-hybridized carbons (Fsp3) is 0.0698. The SMILES string of the molecule is CC1(C)c2ccccc2-c2c1ccc1c2c2ccccc2n1-c1ccc(-c2nc(-c3ccccc3)nc3c2sc2ccccc23)cc1. The van der Waals surface area contributed by atoms with Gasteiger partial charge in [0, 0.05) is 43.1 Å². The largest absolute Gasteiger partial charge is 0.309 e. The van der Waals surface area contributed by atoms with Crippen molar-refractivity contribution in [2.75, 3.05) is 0 Å². The molecule has 47 heavy (non-hydrogen) atoms. The van der Waals surface area contributed by atoms with Crippen molar-refractivity contribution in [3.05, 3.63) is 151 Å². The highest BCUT2D eigenvalue weighted by molar-refractivity contribution is 7.26. The molecule has 3 aromatic heterocycles. The van der Waals surface area contributed by atoms with Gasteiger partial charge in [-0.2, -0.15) is 0 Å².